The lowest BCUT2D eigenvalue weighted by molar-refractivity contribution is -0.139. The fourth-order valence-electron chi connectivity index (χ4n) is 1.41. The Hall–Kier alpha value is -1.90. The second-order valence-corrected chi connectivity index (χ2v) is 5.59. The summed E-state index contributed by atoms with van der Waals surface area (Å²) in [7, 11) is 0. The van der Waals surface area contributed by atoms with E-state index in [1.165, 1.54) is 4.90 Å². The van der Waals surface area contributed by atoms with E-state index < -0.39 is 29.6 Å². The number of aliphatic carboxylic acids is 1. The minimum absolute atomic E-state index is 0.0274. The average molecular weight is 303 g/mol. The van der Waals surface area contributed by atoms with E-state index in [2.05, 4.69) is 10.6 Å². The topological polar surface area (TPSA) is 108 Å². The van der Waals surface area contributed by atoms with Crippen LogP contribution in [0.2, 0.25) is 0 Å². The predicted octanol–water partition coefficient (Wildman–Crippen LogP) is -0.319. The third kappa shape index (κ3) is 4.65. The molecule has 3 N–H and O–H groups in total. The Bertz CT molecular complexity index is 446. The Kier molecular flexibility index (Phi) is 4.88. The van der Waals surface area contributed by atoms with Gasteiger partial charge in [0.1, 0.15) is 18.2 Å². The van der Waals surface area contributed by atoms with Gasteiger partial charge in [-0.15, -0.1) is 0 Å². The van der Waals surface area contributed by atoms with Crippen molar-refractivity contribution in [2.75, 3.05) is 13.1 Å². The van der Waals surface area contributed by atoms with Crippen molar-refractivity contribution in [1.29, 1.82) is 0 Å². The Morgan fingerprint density at radius 2 is 2.10 bits per heavy atom. The van der Waals surface area contributed by atoms with E-state index >= 15 is 0 Å². The first kappa shape index (κ1) is 16.2. The number of ether oxygens (including phenoxy) is 1. The molecule has 1 aliphatic heterocycles. The van der Waals surface area contributed by atoms with Gasteiger partial charge in [-0.1, -0.05) is 0 Å². The maximum atomic E-state index is 11.7. The molecule has 9 heteroatoms. The number of nitrogens with one attached hydrogen (secondary N) is 2. The van der Waals surface area contributed by atoms with Crippen molar-refractivity contribution < 1.29 is 24.2 Å². The van der Waals surface area contributed by atoms with Gasteiger partial charge in [0.05, 0.1) is 6.54 Å². The highest BCUT2D eigenvalue weighted by Crippen LogP contribution is 2.12. The standard InChI is InChI=1S/C11H17N3O5S/c1-11(2,3)19-10(18)13-6-5-14(8(6)17)9(20)12-4-7(15)16/h6H,4-5H2,1-3H3,(H,12,20)(H,13,18)(H,15,16). The van der Waals surface area contributed by atoms with Crippen LogP contribution in [0.3, 0.4) is 0 Å². The maximum absolute atomic E-state index is 11.7. The van der Waals surface area contributed by atoms with Crippen LogP contribution < -0.4 is 10.6 Å². The number of carboxylic acids is 1. The molecule has 0 aromatic carbocycles. The van der Waals surface area contributed by atoms with Crippen molar-refractivity contribution in [2.24, 2.45) is 0 Å². The van der Waals surface area contributed by atoms with Crippen LogP contribution in [0, 0.1) is 0 Å². The van der Waals surface area contributed by atoms with Gasteiger partial charge in [0.2, 0.25) is 0 Å². The van der Waals surface area contributed by atoms with Gasteiger partial charge in [0.15, 0.2) is 5.11 Å². The summed E-state index contributed by atoms with van der Waals surface area (Å²) in [5.74, 6) is -1.48. The number of thiocarbonyl (C=S) groups is 1. The molecule has 1 rings (SSSR count). The zero-order valence-corrected chi connectivity index (χ0v) is 12.2. The van der Waals surface area contributed by atoms with Gasteiger partial charge >= 0.3 is 12.1 Å². The summed E-state index contributed by atoms with van der Waals surface area (Å²) in [6, 6.07) is -0.700. The number of nitrogens with zero attached hydrogens (tertiary/aromatic N) is 1. The molecule has 1 aliphatic rings. The number of alkyl carbamates (subject to hydrolysis) is 1. The predicted molar refractivity (Wildman–Crippen MR) is 73.1 cm³/mol. The molecule has 0 saturated carbocycles. The molecule has 0 aromatic rings. The summed E-state index contributed by atoms with van der Waals surface area (Å²) < 4.78 is 5.02. The molecule has 0 bridgehead atoms. The summed E-state index contributed by atoms with van der Waals surface area (Å²) >= 11 is 4.86. The zero-order valence-electron chi connectivity index (χ0n) is 11.4. The molecular formula is C11H17N3O5S. The molecule has 0 aromatic heterocycles. The van der Waals surface area contributed by atoms with Crippen molar-refractivity contribution in [1.82, 2.24) is 15.5 Å². The number of carbonyl (C=O) groups excluding carboxylic acids is 2. The number of β-lactam (4-membered cyclic amide) rings is 1. The van der Waals surface area contributed by atoms with Gasteiger partial charge in [-0.2, -0.15) is 0 Å². The van der Waals surface area contributed by atoms with Crippen molar-refractivity contribution in [2.45, 2.75) is 32.4 Å². The molecule has 0 spiro atoms. The third-order valence-corrected chi connectivity index (χ3v) is 2.62. The van der Waals surface area contributed by atoms with Crippen molar-refractivity contribution in [3.05, 3.63) is 0 Å². The van der Waals surface area contributed by atoms with E-state index in [0.29, 0.717) is 0 Å². The smallest absolute Gasteiger partial charge is 0.408 e. The summed E-state index contributed by atoms with van der Waals surface area (Å²) in [6.07, 6.45) is -0.681. The molecule has 1 saturated heterocycles. The molecule has 20 heavy (non-hydrogen) atoms. The summed E-state index contributed by atoms with van der Waals surface area (Å²) in [4.78, 5) is 34.7. The van der Waals surface area contributed by atoms with Crippen LogP contribution >= 0.6 is 12.2 Å². The lowest BCUT2D eigenvalue weighted by Crippen LogP contribution is -2.67. The van der Waals surface area contributed by atoms with Gasteiger partial charge in [0.25, 0.3) is 5.91 Å². The van der Waals surface area contributed by atoms with Crippen LogP contribution in [0.15, 0.2) is 0 Å². The first-order chi connectivity index (χ1) is 9.10. The fraction of sp³-hybridized carbons (Fsp3) is 0.636. The lowest BCUT2D eigenvalue weighted by atomic mass is 10.1. The highest BCUT2D eigenvalue weighted by Gasteiger charge is 2.40. The normalized spacial score (nSPS) is 18.1. The van der Waals surface area contributed by atoms with Crippen molar-refractivity contribution in [3.8, 4) is 0 Å². The van der Waals surface area contributed by atoms with E-state index in [1.807, 2.05) is 0 Å². The average Bonchev–Trinajstić information content (AvgIpc) is 2.28. The first-order valence-corrected chi connectivity index (χ1v) is 6.31. The van der Waals surface area contributed by atoms with Crippen molar-refractivity contribution in [3.63, 3.8) is 0 Å². The monoisotopic (exact) mass is 303 g/mol. The van der Waals surface area contributed by atoms with E-state index in [0.717, 1.165) is 0 Å². The molecule has 2 amide bonds. The molecule has 0 radical (unpaired) electrons. The highest BCUT2D eigenvalue weighted by atomic mass is 32.1. The Labute approximate surface area is 121 Å². The summed E-state index contributed by atoms with van der Waals surface area (Å²) in [5, 5.41) is 13.3. The van der Waals surface area contributed by atoms with Crippen LogP contribution in [-0.4, -0.2) is 57.8 Å². The van der Waals surface area contributed by atoms with E-state index in [1.54, 1.807) is 20.8 Å². The Balaban J connectivity index is 2.38. The third-order valence-electron chi connectivity index (χ3n) is 2.26. The molecule has 1 atom stereocenters. The molecule has 0 aliphatic carbocycles. The quantitative estimate of drug-likeness (QED) is 0.484. The van der Waals surface area contributed by atoms with Gasteiger partial charge in [-0.3, -0.25) is 14.5 Å². The van der Waals surface area contributed by atoms with Gasteiger partial charge in [0, 0.05) is 0 Å². The molecule has 112 valence electrons. The van der Waals surface area contributed by atoms with E-state index in [4.69, 9.17) is 22.1 Å². The molecule has 1 fully saturated rings. The summed E-state index contributed by atoms with van der Waals surface area (Å²) in [6.45, 7) is 4.96. The number of amides is 2. The number of carbonyl (C=O) groups is 3. The molecule has 8 nitrogen and oxygen atoms in total. The Morgan fingerprint density at radius 3 is 2.55 bits per heavy atom. The first-order valence-electron chi connectivity index (χ1n) is 5.90. The lowest BCUT2D eigenvalue weighted by Gasteiger charge is -2.38. The highest BCUT2D eigenvalue weighted by molar-refractivity contribution is 7.80. The summed E-state index contributed by atoms with van der Waals surface area (Å²) in [5.41, 5.74) is -0.644. The van der Waals surface area contributed by atoms with E-state index in [9.17, 15) is 14.4 Å². The van der Waals surface area contributed by atoms with Crippen LogP contribution in [0.4, 0.5) is 4.79 Å². The van der Waals surface area contributed by atoms with Crippen molar-refractivity contribution >= 4 is 35.3 Å². The van der Waals surface area contributed by atoms with Crippen LogP contribution in [0.25, 0.3) is 0 Å². The fourth-order valence-corrected chi connectivity index (χ4v) is 1.65. The van der Waals surface area contributed by atoms with Crippen LogP contribution in [-0.2, 0) is 14.3 Å². The number of hydrogen-bond acceptors (Lipinski definition) is 5. The minimum Gasteiger partial charge on any atom is -0.480 e. The molecule has 1 unspecified atom stereocenters. The van der Waals surface area contributed by atoms with Gasteiger partial charge in [-0.25, -0.2) is 4.79 Å². The number of likely N-dealkylation sites (tertiary alicyclic amines) is 1. The van der Waals surface area contributed by atoms with Gasteiger partial charge in [-0.05, 0) is 33.0 Å². The number of rotatable bonds is 3. The second-order valence-electron chi connectivity index (χ2n) is 5.20. The number of carboxylic acid groups (broad SMARTS) is 1. The molecule has 1 heterocycles. The van der Waals surface area contributed by atoms with E-state index in [-0.39, 0.29) is 18.2 Å². The maximum Gasteiger partial charge on any atom is 0.408 e. The minimum atomic E-state index is -1.08. The zero-order chi connectivity index (χ0) is 15.5. The largest absolute Gasteiger partial charge is 0.480 e. The van der Waals surface area contributed by atoms with Crippen LogP contribution in [0.5, 0.6) is 0 Å². The van der Waals surface area contributed by atoms with Crippen LogP contribution in [0.1, 0.15) is 20.8 Å². The number of hydrogen-bond donors (Lipinski definition) is 3. The Morgan fingerprint density at radius 1 is 1.50 bits per heavy atom. The second kappa shape index (κ2) is 6.04. The molecular weight excluding hydrogens is 286 g/mol. The van der Waals surface area contributed by atoms with Gasteiger partial charge < -0.3 is 20.5 Å². The SMILES string of the molecule is CC(C)(C)OC(=O)NC1CN(C(=S)NCC(=O)O)C1=O.